The summed E-state index contributed by atoms with van der Waals surface area (Å²) in [7, 11) is 0. The average molecular weight is 292 g/mol. The third-order valence-corrected chi connectivity index (χ3v) is 5.93. The fourth-order valence-electron chi connectivity index (χ4n) is 6.31. The van der Waals surface area contributed by atoms with Gasteiger partial charge in [0.05, 0.1) is 0 Å². The number of nitrogens with zero attached hydrogens (tertiary/aromatic N) is 1. The molecule has 4 rings (SSSR count). The van der Waals surface area contributed by atoms with Crippen molar-refractivity contribution in [1.82, 2.24) is 10.7 Å². The van der Waals surface area contributed by atoms with Gasteiger partial charge >= 0.3 is 0 Å². The molecule has 4 nitrogen and oxygen atoms in total. The van der Waals surface area contributed by atoms with Gasteiger partial charge in [-0.05, 0) is 61.7 Å². The van der Waals surface area contributed by atoms with Gasteiger partial charge in [-0.25, -0.2) is 5.84 Å². The number of hydrazine groups is 1. The van der Waals surface area contributed by atoms with E-state index in [1.165, 1.54) is 44.9 Å². The van der Waals surface area contributed by atoms with Crippen LogP contribution in [-0.2, 0) is 0 Å². The largest absolute Gasteiger partial charge is 0.350 e. The SMILES string of the molecule is CCCCN=C(NN)NC12CC3CC(C)(CC(C)(C3)C1)C2. The first-order valence-corrected chi connectivity index (χ1v) is 8.69. The Labute approximate surface area is 129 Å². The number of hydrogen-bond acceptors (Lipinski definition) is 2. The van der Waals surface area contributed by atoms with Gasteiger partial charge in [0, 0.05) is 12.1 Å². The second kappa shape index (κ2) is 5.15. The van der Waals surface area contributed by atoms with Crippen molar-refractivity contribution in [2.45, 2.75) is 77.7 Å². The third kappa shape index (κ3) is 2.92. The second-order valence-electron chi connectivity index (χ2n) is 8.76. The summed E-state index contributed by atoms with van der Waals surface area (Å²) in [4.78, 5) is 4.62. The van der Waals surface area contributed by atoms with Gasteiger partial charge in [-0.2, -0.15) is 0 Å². The Morgan fingerprint density at radius 2 is 1.81 bits per heavy atom. The Bertz CT molecular complexity index is 413. The molecule has 4 fully saturated rings. The Balaban J connectivity index is 1.76. The number of nitrogens with two attached hydrogens (primary N) is 1. The molecule has 0 aromatic rings. The van der Waals surface area contributed by atoms with Crippen molar-refractivity contribution in [3.63, 3.8) is 0 Å². The fourth-order valence-corrected chi connectivity index (χ4v) is 6.31. The summed E-state index contributed by atoms with van der Waals surface area (Å²) >= 11 is 0. The molecule has 0 radical (unpaired) electrons. The normalized spacial score (nSPS) is 45.0. The minimum atomic E-state index is 0.223. The van der Waals surface area contributed by atoms with Gasteiger partial charge < -0.3 is 5.32 Å². The highest BCUT2D eigenvalue weighted by molar-refractivity contribution is 5.80. The molecule has 0 aromatic heterocycles. The zero-order chi connectivity index (χ0) is 15.1. The highest BCUT2D eigenvalue weighted by atomic mass is 15.3. The lowest BCUT2D eigenvalue weighted by Gasteiger charge is -2.65. The smallest absolute Gasteiger partial charge is 0.206 e. The zero-order valence-corrected chi connectivity index (χ0v) is 14.0. The van der Waals surface area contributed by atoms with Crippen LogP contribution < -0.4 is 16.6 Å². The van der Waals surface area contributed by atoms with Crippen LogP contribution in [0.2, 0.25) is 0 Å². The zero-order valence-electron chi connectivity index (χ0n) is 14.0. The molecule has 4 aliphatic rings. The third-order valence-electron chi connectivity index (χ3n) is 5.93. The van der Waals surface area contributed by atoms with E-state index in [9.17, 15) is 0 Å². The molecule has 4 saturated carbocycles. The standard InChI is InChI=1S/C17H32N4/c1-4-5-6-19-14(21-18)20-17-9-13-7-15(2,11-17)10-16(3,8-13)12-17/h13H,4-12,18H2,1-3H3,(H2,19,20,21). The van der Waals surface area contributed by atoms with E-state index in [-0.39, 0.29) is 5.54 Å². The topological polar surface area (TPSA) is 62.4 Å². The minimum Gasteiger partial charge on any atom is -0.350 e. The predicted octanol–water partition coefficient (Wildman–Crippen LogP) is 2.94. The van der Waals surface area contributed by atoms with Crippen LogP contribution in [0.3, 0.4) is 0 Å². The van der Waals surface area contributed by atoms with Gasteiger partial charge in [0.15, 0.2) is 0 Å². The quantitative estimate of drug-likeness (QED) is 0.245. The van der Waals surface area contributed by atoms with E-state index in [2.05, 4.69) is 36.5 Å². The molecular formula is C17H32N4. The Morgan fingerprint density at radius 3 is 2.33 bits per heavy atom. The lowest BCUT2D eigenvalue weighted by Crippen LogP contribution is -2.66. The van der Waals surface area contributed by atoms with E-state index in [4.69, 9.17) is 5.84 Å². The molecule has 120 valence electrons. The minimum absolute atomic E-state index is 0.223. The van der Waals surface area contributed by atoms with Crippen LogP contribution in [0.15, 0.2) is 4.99 Å². The maximum Gasteiger partial charge on any atom is 0.206 e. The van der Waals surface area contributed by atoms with Gasteiger partial charge in [-0.3, -0.25) is 10.4 Å². The van der Waals surface area contributed by atoms with Crippen molar-refractivity contribution in [2.75, 3.05) is 6.54 Å². The highest BCUT2D eigenvalue weighted by Crippen LogP contribution is 2.66. The fraction of sp³-hybridized carbons (Fsp3) is 0.941. The number of rotatable bonds is 4. The first kappa shape index (κ1) is 15.1. The van der Waals surface area contributed by atoms with Crippen LogP contribution in [0.1, 0.15) is 72.1 Å². The van der Waals surface area contributed by atoms with E-state index in [1.807, 2.05) is 0 Å². The first-order valence-electron chi connectivity index (χ1n) is 8.69. The van der Waals surface area contributed by atoms with Crippen molar-refractivity contribution in [3.8, 4) is 0 Å². The van der Waals surface area contributed by atoms with Crippen molar-refractivity contribution < 1.29 is 0 Å². The van der Waals surface area contributed by atoms with E-state index < -0.39 is 0 Å². The van der Waals surface area contributed by atoms with Crippen LogP contribution >= 0.6 is 0 Å². The van der Waals surface area contributed by atoms with Gasteiger partial charge in [-0.15, -0.1) is 0 Å². The van der Waals surface area contributed by atoms with Gasteiger partial charge in [-0.1, -0.05) is 27.2 Å². The lowest BCUT2D eigenvalue weighted by atomic mass is 9.43. The summed E-state index contributed by atoms with van der Waals surface area (Å²) in [6.07, 6.45) is 10.4. The van der Waals surface area contributed by atoms with Gasteiger partial charge in [0.25, 0.3) is 0 Å². The Morgan fingerprint density at radius 1 is 1.14 bits per heavy atom. The van der Waals surface area contributed by atoms with E-state index in [0.29, 0.717) is 10.8 Å². The molecule has 2 unspecified atom stereocenters. The molecule has 2 atom stereocenters. The molecule has 4 bridgehead atoms. The van der Waals surface area contributed by atoms with Crippen LogP contribution in [0, 0.1) is 16.7 Å². The van der Waals surface area contributed by atoms with E-state index in [1.54, 1.807) is 0 Å². The van der Waals surface area contributed by atoms with Crippen LogP contribution in [0.25, 0.3) is 0 Å². The van der Waals surface area contributed by atoms with Crippen molar-refractivity contribution in [3.05, 3.63) is 0 Å². The molecule has 21 heavy (non-hydrogen) atoms. The predicted molar refractivity (Wildman–Crippen MR) is 87.8 cm³/mol. The number of aliphatic imine (C=N–C) groups is 1. The van der Waals surface area contributed by atoms with E-state index in [0.717, 1.165) is 24.8 Å². The maximum atomic E-state index is 5.71. The van der Waals surface area contributed by atoms with Gasteiger partial charge in [0.2, 0.25) is 5.96 Å². The number of hydrogen-bond donors (Lipinski definition) is 3. The molecule has 4 aliphatic carbocycles. The first-order chi connectivity index (χ1) is 9.90. The summed E-state index contributed by atoms with van der Waals surface area (Å²) in [5, 5.41) is 3.73. The Kier molecular flexibility index (Phi) is 3.71. The second-order valence-corrected chi connectivity index (χ2v) is 8.76. The highest BCUT2D eigenvalue weighted by Gasteiger charge is 2.60. The number of unbranched alkanes of at least 4 members (excludes halogenated alkanes) is 1. The number of guanidine groups is 1. The molecule has 0 heterocycles. The molecule has 0 aliphatic heterocycles. The average Bonchev–Trinajstić information content (AvgIpc) is 2.33. The summed E-state index contributed by atoms with van der Waals surface area (Å²) < 4.78 is 0. The van der Waals surface area contributed by atoms with Crippen LogP contribution in [0.4, 0.5) is 0 Å². The number of nitrogens with one attached hydrogen (secondary N) is 2. The molecule has 0 amide bonds. The summed E-state index contributed by atoms with van der Waals surface area (Å²) in [6, 6.07) is 0. The summed E-state index contributed by atoms with van der Waals surface area (Å²) in [5.41, 5.74) is 4.06. The summed E-state index contributed by atoms with van der Waals surface area (Å²) in [6.45, 7) is 8.04. The monoisotopic (exact) mass is 292 g/mol. The molecule has 0 spiro atoms. The van der Waals surface area contributed by atoms with Crippen LogP contribution in [-0.4, -0.2) is 18.0 Å². The molecular weight excluding hydrogens is 260 g/mol. The van der Waals surface area contributed by atoms with Crippen molar-refractivity contribution in [2.24, 2.45) is 27.6 Å². The molecule has 0 aromatic carbocycles. The van der Waals surface area contributed by atoms with Crippen LogP contribution in [0.5, 0.6) is 0 Å². The van der Waals surface area contributed by atoms with Crippen molar-refractivity contribution >= 4 is 5.96 Å². The van der Waals surface area contributed by atoms with Gasteiger partial charge in [0.1, 0.15) is 0 Å². The van der Waals surface area contributed by atoms with Crippen molar-refractivity contribution in [1.29, 1.82) is 0 Å². The van der Waals surface area contributed by atoms with E-state index >= 15 is 0 Å². The molecule has 4 heteroatoms. The maximum absolute atomic E-state index is 5.71. The summed E-state index contributed by atoms with van der Waals surface area (Å²) in [5.74, 6) is 7.40. The molecule has 4 N–H and O–H groups in total. The Hall–Kier alpha value is -0.770. The molecule has 0 saturated heterocycles. The lowest BCUT2D eigenvalue weighted by molar-refractivity contribution is -0.112.